The van der Waals surface area contributed by atoms with Crippen molar-refractivity contribution in [2.75, 3.05) is 32.8 Å². The summed E-state index contributed by atoms with van der Waals surface area (Å²) in [5.74, 6) is -5.57. The second kappa shape index (κ2) is 13.3. The molecule has 0 aliphatic carbocycles. The molecular formula is C21H22F7N5O6. The SMILES string of the molecule is O=C(O)C(F)(F)F.O=C(O)C(F)(F)F.O=C(c1ccncc1F)N1CCn2cc(CN3CCOCC3)nc2C1. The van der Waals surface area contributed by atoms with Crippen LogP contribution in [0.25, 0.3) is 0 Å². The summed E-state index contributed by atoms with van der Waals surface area (Å²) in [6.07, 6.45) is -5.61. The Morgan fingerprint density at radius 1 is 0.949 bits per heavy atom. The molecule has 1 saturated heterocycles. The monoisotopic (exact) mass is 573 g/mol. The molecule has 0 radical (unpaired) electrons. The summed E-state index contributed by atoms with van der Waals surface area (Å²) in [5.41, 5.74) is 1.06. The number of amides is 1. The molecule has 0 atom stereocenters. The number of carboxylic acid groups (broad SMARTS) is 2. The predicted octanol–water partition coefficient (Wildman–Crippen LogP) is 2.17. The maximum atomic E-state index is 13.8. The molecular weight excluding hydrogens is 551 g/mol. The number of carbonyl (C=O) groups is 3. The van der Waals surface area contributed by atoms with Gasteiger partial charge in [-0.2, -0.15) is 26.3 Å². The first-order valence-electron chi connectivity index (χ1n) is 10.9. The number of ether oxygens (including phenoxy) is 1. The molecule has 2 aromatic heterocycles. The van der Waals surface area contributed by atoms with Crippen LogP contribution in [0.5, 0.6) is 0 Å². The van der Waals surface area contributed by atoms with Crippen molar-refractivity contribution in [3.05, 3.63) is 47.6 Å². The Morgan fingerprint density at radius 3 is 2.03 bits per heavy atom. The van der Waals surface area contributed by atoms with Gasteiger partial charge in [0.1, 0.15) is 5.82 Å². The van der Waals surface area contributed by atoms with Crippen LogP contribution in [0.4, 0.5) is 30.7 Å². The van der Waals surface area contributed by atoms with Crippen LogP contribution in [0.2, 0.25) is 0 Å². The normalized spacial score (nSPS) is 15.7. The lowest BCUT2D eigenvalue weighted by Gasteiger charge is -2.27. The molecule has 2 aliphatic rings. The average molecular weight is 573 g/mol. The molecule has 18 heteroatoms. The molecule has 2 N–H and O–H groups in total. The van der Waals surface area contributed by atoms with E-state index in [-0.39, 0.29) is 11.5 Å². The van der Waals surface area contributed by atoms with E-state index in [1.165, 1.54) is 12.3 Å². The first-order chi connectivity index (χ1) is 18.1. The highest BCUT2D eigenvalue weighted by Crippen LogP contribution is 2.18. The molecule has 1 fully saturated rings. The highest BCUT2D eigenvalue weighted by atomic mass is 19.4. The van der Waals surface area contributed by atoms with Crippen LogP contribution in [0, 0.1) is 5.82 Å². The summed E-state index contributed by atoms with van der Waals surface area (Å²) >= 11 is 0. The second-order valence-electron chi connectivity index (χ2n) is 7.92. The molecule has 216 valence electrons. The van der Waals surface area contributed by atoms with Crippen LogP contribution < -0.4 is 0 Å². The summed E-state index contributed by atoms with van der Waals surface area (Å²) in [6.45, 7) is 5.73. The first kappa shape index (κ1) is 31.4. The molecule has 2 aliphatic heterocycles. The number of pyridine rings is 1. The highest BCUT2D eigenvalue weighted by molar-refractivity contribution is 5.94. The number of fused-ring (bicyclic) bond motifs is 1. The zero-order chi connectivity index (χ0) is 29.4. The van der Waals surface area contributed by atoms with E-state index in [0.717, 1.165) is 50.6 Å². The fraction of sp³-hybridized carbons (Fsp3) is 0.476. The van der Waals surface area contributed by atoms with Crippen LogP contribution in [0.15, 0.2) is 24.7 Å². The number of carboxylic acids is 2. The number of imidazole rings is 1. The van der Waals surface area contributed by atoms with Crippen molar-refractivity contribution in [1.29, 1.82) is 0 Å². The number of hydrogen-bond donors (Lipinski definition) is 2. The van der Waals surface area contributed by atoms with E-state index in [9.17, 15) is 35.5 Å². The van der Waals surface area contributed by atoms with Gasteiger partial charge >= 0.3 is 24.3 Å². The van der Waals surface area contributed by atoms with E-state index in [1.54, 1.807) is 4.90 Å². The van der Waals surface area contributed by atoms with Crippen molar-refractivity contribution in [3.63, 3.8) is 0 Å². The van der Waals surface area contributed by atoms with E-state index < -0.39 is 30.1 Å². The lowest BCUT2D eigenvalue weighted by molar-refractivity contribution is -0.193. The fourth-order valence-corrected chi connectivity index (χ4v) is 3.27. The fourth-order valence-electron chi connectivity index (χ4n) is 3.27. The molecule has 0 aromatic carbocycles. The number of carbonyl (C=O) groups excluding carboxylic acids is 1. The summed E-state index contributed by atoms with van der Waals surface area (Å²) in [6, 6.07) is 1.42. The Balaban J connectivity index is 0.000000317. The number of nitrogens with zero attached hydrogens (tertiary/aromatic N) is 5. The van der Waals surface area contributed by atoms with Crippen molar-refractivity contribution >= 4 is 17.8 Å². The smallest absolute Gasteiger partial charge is 0.475 e. The first-order valence-corrected chi connectivity index (χ1v) is 10.9. The third-order valence-electron chi connectivity index (χ3n) is 5.12. The largest absolute Gasteiger partial charge is 0.490 e. The van der Waals surface area contributed by atoms with Gasteiger partial charge < -0.3 is 24.4 Å². The molecule has 0 spiro atoms. The van der Waals surface area contributed by atoms with E-state index >= 15 is 0 Å². The van der Waals surface area contributed by atoms with Gasteiger partial charge in [-0.3, -0.25) is 14.7 Å². The van der Waals surface area contributed by atoms with Gasteiger partial charge in [0.05, 0.1) is 37.2 Å². The van der Waals surface area contributed by atoms with Gasteiger partial charge in [0.2, 0.25) is 0 Å². The Bertz CT molecular complexity index is 1120. The Kier molecular flexibility index (Phi) is 10.7. The summed E-state index contributed by atoms with van der Waals surface area (Å²) in [5, 5.41) is 14.2. The Hall–Kier alpha value is -3.80. The van der Waals surface area contributed by atoms with E-state index in [4.69, 9.17) is 24.5 Å². The highest BCUT2D eigenvalue weighted by Gasteiger charge is 2.38. The lowest BCUT2D eigenvalue weighted by Crippen LogP contribution is -2.38. The zero-order valence-electron chi connectivity index (χ0n) is 19.9. The average Bonchev–Trinajstić information content (AvgIpc) is 3.25. The molecule has 11 nitrogen and oxygen atoms in total. The third-order valence-corrected chi connectivity index (χ3v) is 5.12. The lowest BCUT2D eigenvalue weighted by atomic mass is 10.2. The summed E-state index contributed by atoms with van der Waals surface area (Å²) in [4.78, 5) is 42.7. The van der Waals surface area contributed by atoms with Crippen molar-refractivity contribution in [2.45, 2.75) is 32.0 Å². The molecule has 39 heavy (non-hydrogen) atoms. The minimum absolute atomic E-state index is 0.0588. The van der Waals surface area contributed by atoms with Crippen molar-refractivity contribution in [2.24, 2.45) is 0 Å². The number of morpholine rings is 1. The molecule has 2 aromatic rings. The third kappa shape index (κ3) is 9.78. The molecule has 0 bridgehead atoms. The number of halogens is 7. The van der Waals surface area contributed by atoms with Gasteiger partial charge in [-0.05, 0) is 6.07 Å². The van der Waals surface area contributed by atoms with E-state index in [1.807, 2.05) is 0 Å². The number of aromatic nitrogens is 3. The van der Waals surface area contributed by atoms with Crippen LogP contribution in [-0.4, -0.2) is 97.6 Å². The zero-order valence-corrected chi connectivity index (χ0v) is 19.9. The Morgan fingerprint density at radius 2 is 1.51 bits per heavy atom. The molecule has 4 heterocycles. The second-order valence-corrected chi connectivity index (χ2v) is 7.92. The van der Waals surface area contributed by atoms with Gasteiger partial charge in [-0.25, -0.2) is 19.0 Å². The minimum atomic E-state index is -5.08. The number of hydrogen-bond acceptors (Lipinski definition) is 7. The molecule has 0 unspecified atom stereocenters. The molecule has 1 amide bonds. The standard InChI is InChI=1S/C17H20FN5O2.2C2HF3O2/c18-15-9-19-2-1-14(15)17(24)23-4-3-22-11-13(20-16(22)12-23)10-21-5-7-25-8-6-21;2*3-2(4,5)1(6)7/h1-2,9,11H,3-8,10,12H2;2*(H,6,7). The van der Waals surface area contributed by atoms with Gasteiger partial charge in [0.25, 0.3) is 5.91 Å². The van der Waals surface area contributed by atoms with Gasteiger partial charge in [0, 0.05) is 45.1 Å². The van der Waals surface area contributed by atoms with Crippen LogP contribution >= 0.6 is 0 Å². The Labute approximate surface area is 215 Å². The van der Waals surface area contributed by atoms with Crippen molar-refractivity contribution in [3.8, 4) is 0 Å². The minimum Gasteiger partial charge on any atom is -0.475 e. The van der Waals surface area contributed by atoms with Crippen LogP contribution in [0.3, 0.4) is 0 Å². The van der Waals surface area contributed by atoms with Crippen LogP contribution in [-0.2, 0) is 34.0 Å². The summed E-state index contributed by atoms with van der Waals surface area (Å²) in [7, 11) is 0. The van der Waals surface area contributed by atoms with Crippen molar-refractivity contribution < 1.29 is 60.1 Å². The quantitative estimate of drug-likeness (QED) is 0.530. The van der Waals surface area contributed by atoms with Gasteiger partial charge in [-0.15, -0.1) is 0 Å². The summed E-state index contributed by atoms with van der Waals surface area (Å²) < 4.78 is 84.7. The number of aliphatic carboxylic acids is 2. The van der Waals surface area contributed by atoms with E-state index in [0.29, 0.717) is 19.6 Å². The molecule has 0 saturated carbocycles. The topological polar surface area (TPSA) is 138 Å². The molecule has 4 rings (SSSR count). The number of alkyl halides is 6. The maximum Gasteiger partial charge on any atom is 0.490 e. The van der Waals surface area contributed by atoms with Gasteiger partial charge in [0.15, 0.2) is 5.82 Å². The van der Waals surface area contributed by atoms with E-state index in [2.05, 4.69) is 25.6 Å². The van der Waals surface area contributed by atoms with Crippen LogP contribution in [0.1, 0.15) is 21.9 Å². The van der Waals surface area contributed by atoms with Gasteiger partial charge in [-0.1, -0.05) is 0 Å². The van der Waals surface area contributed by atoms with Crippen molar-refractivity contribution in [1.82, 2.24) is 24.3 Å². The number of rotatable bonds is 3. The predicted molar refractivity (Wildman–Crippen MR) is 115 cm³/mol. The maximum absolute atomic E-state index is 13.8.